The monoisotopic (exact) mass is 228 g/mol. The Balaban J connectivity index is 1.94. The van der Waals surface area contributed by atoms with Crippen molar-refractivity contribution in [3.05, 3.63) is 0 Å². The number of likely N-dealkylation sites (tertiary alicyclic amines) is 1. The fourth-order valence-corrected chi connectivity index (χ4v) is 2.13. The van der Waals surface area contributed by atoms with E-state index in [4.69, 9.17) is 0 Å². The molecule has 4 heteroatoms. The number of esters is 1. The molecule has 16 heavy (non-hydrogen) atoms. The van der Waals surface area contributed by atoms with Gasteiger partial charge in [-0.1, -0.05) is 6.92 Å². The van der Waals surface area contributed by atoms with E-state index in [2.05, 4.69) is 21.9 Å². The van der Waals surface area contributed by atoms with E-state index in [1.165, 1.54) is 33.2 Å². The van der Waals surface area contributed by atoms with Crippen LogP contribution in [0.15, 0.2) is 0 Å². The smallest absolute Gasteiger partial charge is 0.305 e. The highest BCUT2D eigenvalue weighted by molar-refractivity contribution is 5.69. The van der Waals surface area contributed by atoms with Gasteiger partial charge in [0.15, 0.2) is 0 Å². The second-order valence-corrected chi connectivity index (χ2v) is 4.43. The fourth-order valence-electron chi connectivity index (χ4n) is 2.13. The van der Waals surface area contributed by atoms with Gasteiger partial charge in [0, 0.05) is 13.0 Å². The molecule has 0 aromatic rings. The molecule has 4 nitrogen and oxygen atoms in total. The number of nitrogens with one attached hydrogen (secondary N) is 1. The van der Waals surface area contributed by atoms with Crippen LogP contribution in [-0.4, -0.2) is 50.7 Å². The summed E-state index contributed by atoms with van der Waals surface area (Å²) < 4.78 is 4.59. The minimum atomic E-state index is -0.111. The number of methoxy groups -OCH3 is 1. The second kappa shape index (κ2) is 7.63. The zero-order valence-corrected chi connectivity index (χ0v) is 10.5. The highest BCUT2D eigenvalue weighted by Crippen LogP contribution is 2.14. The van der Waals surface area contributed by atoms with Gasteiger partial charge in [-0.05, 0) is 44.9 Å². The minimum Gasteiger partial charge on any atom is -0.469 e. The third kappa shape index (κ3) is 4.94. The predicted octanol–water partition coefficient (Wildman–Crippen LogP) is 0.871. The van der Waals surface area contributed by atoms with E-state index in [1.54, 1.807) is 0 Å². The summed E-state index contributed by atoms with van der Waals surface area (Å²) in [6.07, 6.45) is 2.70. The Kier molecular flexibility index (Phi) is 6.42. The first-order chi connectivity index (χ1) is 7.76. The van der Waals surface area contributed by atoms with Crippen LogP contribution in [0.1, 0.15) is 26.2 Å². The van der Waals surface area contributed by atoms with Gasteiger partial charge in [-0.3, -0.25) is 4.79 Å². The van der Waals surface area contributed by atoms with Crippen LogP contribution >= 0.6 is 0 Å². The number of nitrogens with zero attached hydrogens (tertiary/aromatic N) is 1. The molecule has 0 spiro atoms. The summed E-state index contributed by atoms with van der Waals surface area (Å²) in [5.41, 5.74) is 0. The highest BCUT2D eigenvalue weighted by atomic mass is 16.5. The number of hydrogen-bond donors (Lipinski definition) is 1. The summed E-state index contributed by atoms with van der Waals surface area (Å²) in [5.74, 6) is 0.679. The first-order valence-electron chi connectivity index (χ1n) is 6.26. The third-order valence-electron chi connectivity index (χ3n) is 3.21. The van der Waals surface area contributed by atoms with Gasteiger partial charge in [0.1, 0.15) is 0 Å². The molecule has 1 aliphatic heterocycles. The van der Waals surface area contributed by atoms with Gasteiger partial charge >= 0.3 is 5.97 Å². The quantitative estimate of drug-likeness (QED) is 0.518. The van der Waals surface area contributed by atoms with E-state index in [1.807, 2.05) is 0 Å². The van der Waals surface area contributed by atoms with Gasteiger partial charge in [-0.15, -0.1) is 0 Å². The minimum absolute atomic E-state index is 0.111. The Labute approximate surface area is 98.3 Å². The SMILES string of the molecule is CCN1CCC(CNCCCC(=O)OC)C1. The third-order valence-corrected chi connectivity index (χ3v) is 3.21. The number of rotatable bonds is 7. The molecule has 0 radical (unpaired) electrons. The van der Waals surface area contributed by atoms with Gasteiger partial charge < -0.3 is 15.0 Å². The molecule has 1 aliphatic rings. The van der Waals surface area contributed by atoms with E-state index in [0.717, 1.165) is 25.4 Å². The van der Waals surface area contributed by atoms with Crippen LogP contribution in [0.4, 0.5) is 0 Å². The van der Waals surface area contributed by atoms with Crippen molar-refractivity contribution in [3.8, 4) is 0 Å². The van der Waals surface area contributed by atoms with Crippen LogP contribution in [0.2, 0.25) is 0 Å². The van der Waals surface area contributed by atoms with Crippen molar-refractivity contribution in [2.75, 3.05) is 39.8 Å². The van der Waals surface area contributed by atoms with E-state index in [-0.39, 0.29) is 5.97 Å². The highest BCUT2D eigenvalue weighted by Gasteiger charge is 2.20. The van der Waals surface area contributed by atoms with Gasteiger partial charge in [0.2, 0.25) is 0 Å². The zero-order chi connectivity index (χ0) is 11.8. The summed E-state index contributed by atoms with van der Waals surface area (Å²) in [6, 6.07) is 0. The van der Waals surface area contributed by atoms with Gasteiger partial charge in [-0.2, -0.15) is 0 Å². The Morgan fingerprint density at radius 1 is 1.56 bits per heavy atom. The van der Waals surface area contributed by atoms with Crippen LogP contribution < -0.4 is 5.32 Å². The average Bonchev–Trinajstić information content (AvgIpc) is 2.76. The molecule has 1 fully saturated rings. The van der Waals surface area contributed by atoms with Crippen LogP contribution in [-0.2, 0) is 9.53 Å². The molecule has 0 aromatic heterocycles. The molecule has 1 atom stereocenters. The molecule has 0 saturated carbocycles. The zero-order valence-electron chi connectivity index (χ0n) is 10.5. The predicted molar refractivity (Wildman–Crippen MR) is 64.3 cm³/mol. The molecular weight excluding hydrogens is 204 g/mol. The Hall–Kier alpha value is -0.610. The van der Waals surface area contributed by atoms with Crippen molar-refractivity contribution >= 4 is 5.97 Å². The summed E-state index contributed by atoms with van der Waals surface area (Å²) in [6.45, 7) is 7.84. The average molecular weight is 228 g/mol. The van der Waals surface area contributed by atoms with Crippen molar-refractivity contribution in [3.63, 3.8) is 0 Å². The number of hydrogen-bond acceptors (Lipinski definition) is 4. The first kappa shape index (κ1) is 13.5. The van der Waals surface area contributed by atoms with Gasteiger partial charge in [-0.25, -0.2) is 0 Å². The first-order valence-corrected chi connectivity index (χ1v) is 6.26. The maximum absolute atomic E-state index is 10.9. The summed E-state index contributed by atoms with van der Waals surface area (Å²) in [4.78, 5) is 13.3. The van der Waals surface area contributed by atoms with Gasteiger partial charge in [0.25, 0.3) is 0 Å². The molecule has 1 rings (SSSR count). The van der Waals surface area contributed by atoms with Crippen molar-refractivity contribution < 1.29 is 9.53 Å². The molecule has 0 bridgehead atoms. The summed E-state index contributed by atoms with van der Waals surface area (Å²) >= 11 is 0. The normalized spacial score (nSPS) is 21.2. The Morgan fingerprint density at radius 3 is 3.00 bits per heavy atom. The lowest BCUT2D eigenvalue weighted by molar-refractivity contribution is -0.140. The van der Waals surface area contributed by atoms with E-state index < -0.39 is 0 Å². The second-order valence-electron chi connectivity index (χ2n) is 4.43. The molecule has 1 unspecified atom stereocenters. The molecule has 1 heterocycles. The molecule has 1 N–H and O–H groups in total. The molecule has 1 saturated heterocycles. The van der Waals surface area contributed by atoms with Crippen LogP contribution in [0, 0.1) is 5.92 Å². The van der Waals surface area contributed by atoms with Crippen LogP contribution in [0.5, 0.6) is 0 Å². The van der Waals surface area contributed by atoms with Gasteiger partial charge in [0.05, 0.1) is 7.11 Å². The van der Waals surface area contributed by atoms with Crippen molar-refractivity contribution in [1.82, 2.24) is 10.2 Å². The van der Waals surface area contributed by atoms with Crippen molar-refractivity contribution in [2.45, 2.75) is 26.2 Å². The summed E-state index contributed by atoms with van der Waals surface area (Å²) in [7, 11) is 1.44. The largest absolute Gasteiger partial charge is 0.469 e. The lowest BCUT2D eigenvalue weighted by Crippen LogP contribution is -2.27. The fraction of sp³-hybridized carbons (Fsp3) is 0.917. The van der Waals surface area contributed by atoms with Crippen LogP contribution in [0.3, 0.4) is 0 Å². The van der Waals surface area contributed by atoms with E-state index in [9.17, 15) is 4.79 Å². The lowest BCUT2D eigenvalue weighted by atomic mass is 10.1. The number of carbonyl (C=O) groups is 1. The number of carbonyl (C=O) groups excluding carboxylic acids is 1. The Morgan fingerprint density at radius 2 is 2.38 bits per heavy atom. The summed E-state index contributed by atoms with van der Waals surface area (Å²) in [5, 5.41) is 3.42. The Bertz CT molecular complexity index is 209. The van der Waals surface area contributed by atoms with E-state index >= 15 is 0 Å². The maximum Gasteiger partial charge on any atom is 0.305 e. The molecule has 0 amide bonds. The molecule has 94 valence electrons. The molecule has 0 aliphatic carbocycles. The molecular formula is C12H24N2O2. The lowest BCUT2D eigenvalue weighted by Gasteiger charge is -2.13. The van der Waals surface area contributed by atoms with E-state index in [0.29, 0.717) is 6.42 Å². The number of ether oxygens (including phenoxy) is 1. The maximum atomic E-state index is 10.9. The topological polar surface area (TPSA) is 41.6 Å². The van der Waals surface area contributed by atoms with Crippen LogP contribution in [0.25, 0.3) is 0 Å². The van der Waals surface area contributed by atoms with Crippen molar-refractivity contribution in [2.24, 2.45) is 5.92 Å². The van der Waals surface area contributed by atoms with Crippen molar-refractivity contribution in [1.29, 1.82) is 0 Å². The molecule has 0 aromatic carbocycles. The standard InChI is InChI=1S/C12H24N2O2/c1-3-14-8-6-11(10-14)9-13-7-4-5-12(15)16-2/h11,13H,3-10H2,1-2H3.